The van der Waals surface area contributed by atoms with Gasteiger partial charge in [0.2, 0.25) is 5.91 Å². The minimum atomic E-state index is -0.507. The highest BCUT2D eigenvalue weighted by Crippen LogP contribution is 2.31. The van der Waals surface area contributed by atoms with Crippen molar-refractivity contribution >= 4 is 22.6 Å². The van der Waals surface area contributed by atoms with Crippen LogP contribution in [-0.2, 0) is 9.53 Å². The number of amides is 2. The van der Waals surface area contributed by atoms with Crippen LogP contribution in [0, 0.1) is 5.92 Å². The molecule has 2 saturated heterocycles. The van der Waals surface area contributed by atoms with Gasteiger partial charge < -0.3 is 20.1 Å². The molecule has 2 aromatic rings. The highest BCUT2D eigenvalue weighted by atomic mass is 16.5. The first-order valence-electron chi connectivity index (χ1n) is 12.1. The highest BCUT2D eigenvalue weighted by molar-refractivity contribution is 6.05. The topological polar surface area (TPSA) is 82.1 Å². The van der Waals surface area contributed by atoms with Crippen LogP contribution in [-0.4, -0.2) is 78.2 Å². The number of carbonyl (C=O) groups excluding carboxylic acids is 2. The number of benzene rings is 2. The number of carbonyl (C=O) groups is 2. The van der Waals surface area contributed by atoms with E-state index >= 15 is 0 Å². The van der Waals surface area contributed by atoms with Crippen LogP contribution in [0.1, 0.15) is 43.5 Å². The van der Waals surface area contributed by atoms with Crippen LogP contribution in [0.25, 0.3) is 10.8 Å². The van der Waals surface area contributed by atoms with Gasteiger partial charge >= 0.3 is 0 Å². The van der Waals surface area contributed by atoms with Crippen molar-refractivity contribution in [1.82, 2.24) is 15.1 Å². The molecule has 2 fully saturated rings. The van der Waals surface area contributed by atoms with E-state index in [1.807, 2.05) is 24.3 Å². The van der Waals surface area contributed by atoms with Crippen molar-refractivity contribution in [3.63, 3.8) is 0 Å². The van der Waals surface area contributed by atoms with E-state index in [4.69, 9.17) is 4.74 Å². The Kier molecular flexibility index (Phi) is 7.50. The number of hydrogen-bond donors (Lipinski definition) is 2. The second kappa shape index (κ2) is 10.5. The van der Waals surface area contributed by atoms with Crippen molar-refractivity contribution in [2.24, 2.45) is 5.92 Å². The Morgan fingerprint density at radius 2 is 1.88 bits per heavy atom. The smallest absolute Gasteiger partial charge is 0.258 e. The zero-order valence-electron chi connectivity index (χ0n) is 19.6. The Morgan fingerprint density at radius 1 is 1.12 bits per heavy atom. The summed E-state index contributed by atoms with van der Waals surface area (Å²) in [6.45, 7) is 8.68. The van der Waals surface area contributed by atoms with Crippen LogP contribution in [0.15, 0.2) is 36.4 Å². The molecular weight excluding hydrogens is 418 g/mol. The molecule has 2 aliphatic rings. The molecule has 0 aromatic heterocycles. The molecule has 0 aliphatic carbocycles. The molecule has 2 aromatic carbocycles. The summed E-state index contributed by atoms with van der Waals surface area (Å²) < 4.78 is 5.49. The van der Waals surface area contributed by atoms with Crippen molar-refractivity contribution in [3.8, 4) is 5.75 Å². The molecule has 0 unspecified atom stereocenters. The molecule has 33 heavy (non-hydrogen) atoms. The molecule has 0 bridgehead atoms. The molecule has 2 N–H and O–H groups in total. The minimum Gasteiger partial charge on any atom is -0.506 e. The number of morpholine rings is 1. The summed E-state index contributed by atoms with van der Waals surface area (Å²) in [4.78, 5) is 30.5. The molecule has 178 valence electrons. The van der Waals surface area contributed by atoms with Crippen LogP contribution in [0.5, 0.6) is 5.75 Å². The van der Waals surface area contributed by atoms with E-state index in [0.29, 0.717) is 30.8 Å². The quantitative estimate of drug-likeness (QED) is 0.674. The number of ether oxygens (including phenoxy) is 1. The molecule has 0 spiro atoms. The van der Waals surface area contributed by atoms with Crippen LogP contribution < -0.4 is 5.32 Å². The number of rotatable bonds is 7. The summed E-state index contributed by atoms with van der Waals surface area (Å²) in [5, 5.41) is 15.4. The van der Waals surface area contributed by atoms with Gasteiger partial charge in [0.1, 0.15) is 11.8 Å². The van der Waals surface area contributed by atoms with Gasteiger partial charge in [0, 0.05) is 37.6 Å². The lowest BCUT2D eigenvalue weighted by Crippen LogP contribution is -2.52. The number of likely N-dealkylation sites (tertiary alicyclic amines) is 1. The molecule has 4 rings (SSSR count). The Bertz CT molecular complexity index is 987. The second-order valence-electron chi connectivity index (χ2n) is 9.52. The van der Waals surface area contributed by atoms with Gasteiger partial charge in [-0.15, -0.1) is 0 Å². The van der Waals surface area contributed by atoms with Gasteiger partial charge in [-0.1, -0.05) is 44.2 Å². The van der Waals surface area contributed by atoms with Gasteiger partial charge in [-0.05, 0) is 36.6 Å². The molecular formula is C26H35N3O4. The summed E-state index contributed by atoms with van der Waals surface area (Å²) in [6, 6.07) is 10.7. The minimum absolute atomic E-state index is 0.0199. The SMILES string of the molecule is CC(C)C[C@@H](CNC(=O)[C@@H]1CCCN1C(=O)c1ccc2ccccc2c1O)N1CCOCC1. The molecule has 7 heteroatoms. The average Bonchev–Trinajstić information content (AvgIpc) is 3.32. The number of phenolic OH excluding ortho intramolecular Hbond substituents is 1. The maximum atomic E-state index is 13.3. The number of hydrogen-bond acceptors (Lipinski definition) is 5. The fourth-order valence-corrected chi connectivity index (χ4v) is 5.05. The number of fused-ring (bicyclic) bond motifs is 1. The second-order valence-corrected chi connectivity index (χ2v) is 9.52. The molecule has 7 nitrogen and oxygen atoms in total. The summed E-state index contributed by atoms with van der Waals surface area (Å²) in [5.41, 5.74) is 0.249. The van der Waals surface area contributed by atoms with Crippen molar-refractivity contribution in [3.05, 3.63) is 42.0 Å². The first-order valence-corrected chi connectivity index (χ1v) is 12.1. The average molecular weight is 454 g/mol. The summed E-state index contributed by atoms with van der Waals surface area (Å²) in [5.74, 6) is 0.106. The predicted molar refractivity (Wildman–Crippen MR) is 128 cm³/mol. The maximum Gasteiger partial charge on any atom is 0.258 e. The van der Waals surface area contributed by atoms with Crippen LogP contribution in [0.2, 0.25) is 0 Å². The van der Waals surface area contributed by atoms with E-state index in [9.17, 15) is 14.7 Å². The van der Waals surface area contributed by atoms with Gasteiger partial charge in [0.05, 0.1) is 18.8 Å². The first-order chi connectivity index (χ1) is 16.0. The summed E-state index contributed by atoms with van der Waals surface area (Å²) >= 11 is 0. The lowest BCUT2D eigenvalue weighted by molar-refractivity contribution is -0.125. The maximum absolute atomic E-state index is 13.3. The molecule has 2 atom stereocenters. The molecule has 0 radical (unpaired) electrons. The monoisotopic (exact) mass is 453 g/mol. The van der Waals surface area contributed by atoms with Gasteiger partial charge in [0.25, 0.3) is 5.91 Å². The van der Waals surface area contributed by atoms with Crippen molar-refractivity contribution in [2.75, 3.05) is 39.4 Å². The lowest BCUT2D eigenvalue weighted by atomic mass is 10.0. The van der Waals surface area contributed by atoms with E-state index in [0.717, 1.165) is 44.5 Å². The van der Waals surface area contributed by atoms with Gasteiger partial charge in [-0.3, -0.25) is 14.5 Å². The number of nitrogens with one attached hydrogen (secondary N) is 1. The molecule has 0 saturated carbocycles. The van der Waals surface area contributed by atoms with Gasteiger partial charge in [-0.25, -0.2) is 0 Å². The first kappa shape index (κ1) is 23.5. The van der Waals surface area contributed by atoms with Crippen LogP contribution in [0.4, 0.5) is 0 Å². The number of nitrogens with zero attached hydrogens (tertiary/aromatic N) is 2. The van der Waals surface area contributed by atoms with E-state index in [-0.39, 0.29) is 29.2 Å². The van der Waals surface area contributed by atoms with Crippen molar-refractivity contribution < 1.29 is 19.4 Å². The zero-order valence-corrected chi connectivity index (χ0v) is 19.6. The van der Waals surface area contributed by atoms with Gasteiger partial charge in [0.15, 0.2) is 0 Å². The van der Waals surface area contributed by atoms with Gasteiger partial charge in [-0.2, -0.15) is 0 Å². The fourth-order valence-electron chi connectivity index (χ4n) is 5.05. The van der Waals surface area contributed by atoms with Crippen LogP contribution in [0.3, 0.4) is 0 Å². The third-order valence-corrected chi connectivity index (χ3v) is 6.76. The third kappa shape index (κ3) is 5.31. The number of aromatic hydroxyl groups is 1. The highest BCUT2D eigenvalue weighted by Gasteiger charge is 2.36. The molecule has 2 aliphatic heterocycles. The van der Waals surface area contributed by atoms with Crippen molar-refractivity contribution in [2.45, 2.75) is 45.2 Å². The predicted octanol–water partition coefficient (Wildman–Crippen LogP) is 3.01. The molecule has 2 amide bonds. The standard InChI is InChI=1S/C26H35N3O4/c1-18(2)16-20(28-12-14-33-15-13-28)17-27-25(31)23-8-5-11-29(23)26(32)22-10-9-19-6-3-4-7-21(19)24(22)30/h3-4,6-7,9-10,18,20,23,30H,5,8,11-17H2,1-2H3,(H,27,31)/t20-,23-/m0/s1. The van der Waals surface area contributed by atoms with Crippen molar-refractivity contribution in [1.29, 1.82) is 0 Å². The number of phenols is 1. The van der Waals surface area contributed by atoms with E-state index in [2.05, 4.69) is 24.1 Å². The summed E-state index contributed by atoms with van der Waals surface area (Å²) in [7, 11) is 0. The Hall–Kier alpha value is -2.64. The summed E-state index contributed by atoms with van der Waals surface area (Å²) in [6.07, 6.45) is 2.41. The van der Waals surface area contributed by atoms with E-state index in [1.54, 1.807) is 17.0 Å². The Labute approximate surface area is 195 Å². The Balaban J connectivity index is 1.44. The van der Waals surface area contributed by atoms with E-state index < -0.39 is 6.04 Å². The fraction of sp³-hybridized carbons (Fsp3) is 0.538. The third-order valence-electron chi connectivity index (χ3n) is 6.76. The normalized spacial score (nSPS) is 20.3. The zero-order chi connectivity index (χ0) is 23.4. The Morgan fingerprint density at radius 3 is 2.64 bits per heavy atom. The lowest BCUT2D eigenvalue weighted by Gasteiger charge is -2.36. The van der Waals surface area contributed by atoms with E-state index in [1.165, 1.54) is 0 Å². The van der Waals surface area contributed by atoms with Crippen LogP contribution >= 0.6 is 0 Å². The largest absolute Gasteiger partial charge is 0.506 e. The molecule has 2 heterocycles.